The van der Waals surface area contributed by atoms with Crippen molar-refractivity contribution in [1.29, 1.82) is 0 Å². The summed E-state index contributed by atoms with van der Waals surface area (Å²) in [7, 11) is 0. The van der Waals surface area contributed by atoms with Gasteiger partial charge in [0.1, 0.15) is 5.78 Å². The van der Waals surface area contributed by atoms with Crippen molar-refractivity contribution in [1.82, 2.24) is 0 Å². The topological polar surface area (TPSA) is 17.1 Å². The van der Waals surface area contributed by atoms with Gasteiger partial charge in [-0.2, -0.15) is 0 Å². The van der Waals surface area contributed by atoms with Crippen LogP contribution in [-0.2, 0) is 11.2 Å². The lowest BCUT2D eigenvalue weighted by Gasteiger charge is -1.99. The molecule has 0 aromatic heterocycles. The lowest BCUT2D eigenvalue weighted by Crippen LogP contribution is -2.05. The molecule has 74 valence electrons. The third-order valence-corrected chi connectivity index (χ3v) is 2.74. The second-order valence-electron chi connectivity index (χ2n) is 3.00. The number of hydrogen-bond acceptors (Lipinski definition) is 2. The maximum atomic E-state index is 11.4. The Morgan fingerprint density at radius 2 is 2.07 bits per heavy atom. The maximum Gasteiger partial charge on any atom is 0.147 e. The smallest absolute Gasteiger partial charge is 0.147 e. The van der Waals surface area contributed by atoms with Gasteiger partial charge < -0.3 is 0 Å². The summed E-state index contributed by atoms with van der Waals surface area (Å²) in [4.78, 5) is 11.4. The molecule has 1 nitrogen and oxygen atoms in total. The monoisotopic (exact) mass is 206 g/mol. The molecule has 0 radical (unpaired) electrons. The summed E-state index contributed by atoms with van der Waals surface area (Å²) >= 11 is 1.61. The van der Waals surface area contributed by atoms with E-state index in [1.54, 1.807) is 11.8 Å². The molecule has 0 aliphatic rings. The molecule has 2 heteroatoms. The molecule has 0 heterocycles. The van der Waals surface area contributed by atoms with Gasteiger partial charge in [0, 0.05) is 12.2 Å². The Morgan fingerprint density at radius 3 is 2.71 bits per heavy atom. The SMILES string of the molecule is C=CCSCC(=O)Cc1ccccc1. The Hall–Kier alpha value is -1.02. The summed E-state index contributed by atoms with van der Waals surface area (Å²) in [5.74, 6) is 1.71. The minimum Gasteiger partial charge on any atom is -0.298 e. The zero-order valence-corrected chi connectivity index (χ0v) is 8.93. The third-order valence-electron chi connectivity index (χ3n) is 1.74. The number of rotatable bonds is 6. The molecular formula is C12H14OS. The van der Waals surface area contributed by atoms with Crippen LogP contribution in [-0.4, -0.2) is 17.3 Å². The van der Waals surface area contributed by atoms with E-state index in [2.05, 4.69) is 6.58 Å². The number of ketones is 1. The summed E-state index contributed by atoms with van der Waals surface area (Å²) in [5.41, 5.74) is 1.09. The Balaban J connectivity index is 2.31. The molecule has 0 saturated heterocycles. The minimum atomic E-state index is 0.281. The summed E-state index contributed by atoms with van der Waals surface area (Å²) in [6.07, 6.45) is 2.37. The van der Waals surface area contributed by atoms with Crippen LogP contribution in [0.4, 0.5) is 0 Å². The first kappa shape index (κ1) is 11.1. The van der Waals surface area contributed by atoms with Gasteiger partial charge in [-0.15, -0.1) is 18.3 Å². The predicted molar refractivity (Wildman–Crippen MR) is 62.7 cm³/mol. The molecule has 1 rings (SSSR count). The van der Waals surface area contributed by atoms with Gasteiger partial charge in [0.25, 0.3) is 0 Å². The fourth-order valence-corrected chi connectivity index (χ4v) is 1.74. The van der Waals surface area contributed by atoms with Crippen molar-refractivity contribution in [2.45, 2.75) is 6.42 Å². The van der Waals surface area contributed by atoms with E-state index in [0.29, 0.717) is 12.2 Å². The van der Waals surface area contributed by atoms with Crippen LogP contribution in [0.15, 0.2) is 43.0 Å². The van der Waals surface area contributed by atoms with Crippen LogP contribution in [0.5, 0.6) is 0 Å². The van der Waals surface area contributed by atoms with E-state index in [0.717, 1.165) is 11.3 Å². The summed E-state index contributed by atoms with van der Waals surface area (Å²) in [6, 6.07) is 9.84. The molecule has 0 atom stereocenters. The zero-order chi connectivity index (χ0) is 10.2. The largest absolute Gasteiger partial charge is 0.298 e. The van der Waals surface area contributed by atoms with Gasteiger partial charge in [0.2, 0.25) is 0 Å². The summed E-state index contributed by atoms with van der Waals surface area (Å²) < 4.78 is 0. The molecule has 0 aliphatic heterocycles. The van der Waals surface area contributed by atoms with Crippen molar-refractivity contribution in [3.8, 4) is 0 Å². The van der Waals surface area contributed by atoms with Crippen LogP contribution in [0, 0.1) is 0 Å². The molecule has 0 N–H and O–H groups in total. The lowest BCUT2D eigenvalue weighted by molar-refractivity contribution is -0.115. The van der Waals surface area contributed by atoms with Crippen LogP contribution in [0.25, 0.3) is 0 Å². The van der Waals surface area contributed by atoms with E-state index < -0.39 is 0 Å². The van der Waals surface area contributed by atoms with Crippen molar-refractivity contribution in [2.24, 2.45) is 0 Å². The Labute approximate surface area is 89.2 Å². The molecule has 0 bridgehead atoms. The Bertz CT molecular complexity index is 292. The van der Waals surface area contributed by atoms with Crippen molar-refractivity contribution in [3.05, 3.63) is 48.6 Å². The van der Waals surface area contributed by atoms with Gasteiger partial charge in [-0.1, -0.05) is 36.4 Å². The first-order valence-corrected chi connectivity index (χ1v) is 5.72. The van der Waals surface area contributed by atoms with Crippen molar-refractivity contribution >= 4 is 17.5 Å². The fourth-order valence-electron chi connectivity index (χ4n) is 1.13. The van der Waals surface area contributed by atoms with Gasteiger partial charge >= 0.3 is 0 Å². The van der Waals surface area contributed by atoms with Gasteiger partial charge in [-0.25, -0.2) is 0 Å². The Kier molecular flexibility index (Phi) is 5.08. The van der Waals surface area contributed by atoms with Crippen LogP contribution in [0.3, 0.4) is 0 Å². The molecule has 0 amide bonds. The second-order valence-corrected chi connectivity index (χ2v) is 4.04. The van der Waals surface area contributed by atoms with E-state index in [9.17, 15) is 4.79 Å². The average molecular weight is 206 g/mol. The minimum absolute atomic E-state index is 0.281. The highest BCUT2D eigenvalue weighted by Gasteiger charge is 2.02. The van der Waals surface area contributed by atoms with Crippen molar-refractivity contribution in [2.75, 3.05) is 11.5 Å². The highest BCUT2D eigenvalue weighted by Crippen LogP contribution is 2.05. The maximum absolute atomic E-state index is 11.4. The van der Waals surface area contributed by atoms with Crippen molar-refractivity contribution < 1.29 is 4.79 Å². The van der Waals surface area contributed by atoms with Crippen LogP contribution in [0.1, 0.15) is 5.56 Å². The number of hydrogen-bond donors (Lipinski definition) is 0. The molecule has 0 unspecified atom stereocenters. The Morgan fingerprint density at radius 1 is 1.36 bits per heavy atom. The van der Waals surface area contributed by atoms with Crippen LogP contribution >= 0.6 is 11.8 Å². The molecule has 0 spiro atoms. The first-order valence-electron chi connectivity index (χ1n) is 4.57. The van der Waals surface area contributed by atoms with E-state index in [-0.39, 0.29) is 5.78 Å². The van der Waals surface area contributed by atoms with Gasteiger partial charge in [0.05, 0.1) is 5.75 Å². The molecule has 0 fully saturated rings. The quantitative estimate of drug-likeness (QED) is 0.526. The molecule has 14 heavy (non-hydrogen) atoms. The van der Waals surface area contributed by atoms with Gasteiger partial charge in [-0.05, 0) is 5.56 Å². The number of Topliss-reactive ketones (excluding diaryl/α,β-unsaturated/α-hetero) is 1. The number of carbonyl (C=O) groups excluding carboxylic acids is 1. The first-order chi connectivity index (χ1) is 6.83. The summed E-state index contributed by atoms with van der Waals surface area (Å²) in [6.45, 7) is 3.61. The highest BCUT2D eigenvalue weighted by atomic mass is 32.2. The van der Waals surface area contributed by atoms with E-state index in [1.807, 2.05) is 36.4 Å². The molecule has 1 aromatic rings. The third kappa shape index (κ3) is 4.28. The van der Waals surface area contributed by atoms with Crippen molar-refractivity contribution in [3.63, 3.8) is 0 Å². The van der Waals surface area contributed by atoms with E-state index in [4.69, 9.17) is 0 Å². The lowest BCUT2D eigenvalue weighted by atomic mass is 10.1. The molecule has 1 aromatic carbocycles. The average Bonchev–Trinajstić information content (AvgIpc) is 2.20. The zero-order valence-electron chi connectivity index (χ0n) is 8.11. The fraction of sp³-hybridized carbons (Fsp3) is 0.250. The van der Waals surface area contributed by atoms with E-state index in [1.165, 1.54) is 0 Å². The standard InChI is InChI=1S/C12H14OS/c1-2-8-14-10-12(13)9-11-6-4-3-5-7-11/h2-7H,1,8-10H2. The van der Waals surface area contributed by atoms with Gasteiger partial charge in [-0.3, -0.25) is 4.79 Å². The molecular weight excluding hydrogens is 192 g/mol. The predicted octanol–water partition coefficient (Wildman–Crippen LogP) is 2.72. The van der Waals surface area contributed by atoms with Gasteiger partial charge in [0.15, 0.2) is 0 Å². The normalized spacial score (nSPS) is 9.71. The number of thioether (sulfide) groups is 1. The highest BCUT2D eigenvalue weighted by molar-refractivity contribution is 8.00. The second kappa shape index (κ2) is 6.44. The molecule has 0 aliphatic carbocycles. The number of carbonyl (C=O) groups is 1. The molecule has 0 saturated carbocycles. The summed E-state index contributed by atoms with van der Waals surface area (Å²) in [5, 5.41) is 0. The van der Waals surface area contributed by atoms with E-state index >= 15 is 0 Å². The van der Waals surface area contributed by atoms with Crippen LogP contribution < -0.4 is 0 Å². The number of benzene rings is 1. The van der Waals surface area contributed by atoms with Crippen LogP contribution in [0.2, 0.25) is 0 Å².